The predicted molar refractivity (Wildman–Crippen MR) is 60.3 cm³/mol. The molecule has 0 aliphatic rings. The Balaban J connectivity index is 2.98. The molecule has 0 bridgehead atoms. The van der Waals surface area contributed by atoms with E-state index >= 15 is 0 Å². The van der Waals surface area contributed by atoms with Gasteiger partial charge in [0.2, 0.25) is 0 Å². The normalized spacial score (nSPS) is 10.7. The number of amides is 1. The summed E-state index contributed by atoms with van der Waals surface area (Å²) in [6.45, 7) is -1.62. The molecule has 8 heteroatoms. The van der Waals surface area contributed by atoms with E-state index in [1.807, 2.05) is 0 Å². The van der Waals surface area contributed by atoms with Crippen LogP contribution in [0.5, 0.6) is 0 Å². The van der Waals surface area contributed by atoms with Gasteiger partial charge in [-0.15, -0.1) is 0 Å². The van der Waals surface area contributed by atoms with Crippen LogP contribution in [0.2, 0.25) is 0 Å². The molecule has 0 aliphatic heterocycles. The van der Waals surface area contributed by atoms with E-state index < -0.39 is 31.1 Å². The van der Waals surface area contributed by atoms with E-state index in [2.05, 4.69) is 0 Å². The molecular weight excluding hydrogens is 277 g/mol. The largest absolute Gasteiger partial charge is 0.480 e. The summed E-state index contributed by atoms with van der Waals surface area (Å²) in [5.41, 5.74) is 0.445. The van der Waals surface area contributed by atoms with Crippen molar-refractivity contribution in [3.8, 4) is 6.07 Å². The first-order valence-electron chi connectivity index (χ1n) is 5.31. The van der Waals surface area contributed by atoms with Crippen LogP contribution in [-0.4, -0.2) is 34.6 Å². The van der Waals surface area contributed by atoms with Crippen LogP contribution in [0.25, 0.3) is 0 Å². The van der Waals surface area contributed by atoms with E-state index in [1.165, 1.54) is 24.3 Å². The number of hydrogen-bond donors (Lipinski definition) is 1. The number of carboxylic acids is 1. The third kappa shape index (κ3) is 4.28. The second-order valence-corrected chi connectivity index (χ2v) is 3.86. The minimum atomic E-state index is -5.15. The molecule has 5 nitrogen and oxygen atoms in total. The molecule has 0 aliphatic carbocycles. The summed E-state index contributed by atoms with van der Waals surface area (Å²) < 4.78 is 37.1. The number of nitriles is 1. The van der Waals surface area contributed by atoms with Gasteiger partial charge in [-0.1, -0.05) is 12.1 Å². The number of carboxylic acid groups (broad SMARTS) is 1. The monoisotopic (exact) mass is 286 g/mol. The van der Waals surface area contributed by atoms with Gasteiger partial charge in [-0.2, -0.15) is 18.4 Å². The zero-order valence-corrected chi connectivity index (χ0v) is 10.0. The van der Waals surface area contributed by atoms with Gasteiger partial charge in [0.05, 0.1) is 11.6 Å². The fourth-order valence-corrected chi connectivity index (χ4v) is 1.50. The van der Waals surface area contributed by atoms with E-state index in [9.17, 15) is 22.8 Å². The second-order valence-electron chi connectivity index (χ2n) is 3.86. The number of nitrogens with zero attached hydrogens (tertiary/aromatic N) is 2. The predicted octanol–water partition coefficient (Wildman–Crippen LogP) is 1.53. The Hall–Kier alpha value is -2.56. The number of benzene rings is 1. The van der Waals surface area contributed by atoms with E-state index in [4.69, 9.17) is 10.4 Å². The summed E-state index contributed by atoms with van der Waals surface area (Å²) in [6.07, 6.45) is -5.15. The van der Waals surface area contributed by atoms with Crippen LogP contribution < -0.4 is 0 Å². The van der Waals surface area contributed by atoms with Gasteiger partial charge in [0, 0.05) is 6.54 Å². The maximum Gasteiger partial charge on any atom is 0.471 e. The highest BCUT2D eigenvalue weighted by molar-refractivity contribution is 5.85. The first-order chi connectivity index (χ1) is 9.24. The molecule has 0 spiro atoms. The van der Waals surface area contributed by atoms with E-state index in [-0.39, 0.29) is 16.0 Å². The summed E-state index contributed by atoms with van der Waals surface area (Å²) in [7, 11) is 0. The van der Waals surface area contributed by atoms with Gasteiger partial charge in [0.15, 0.2) is 0 Å². The van der Waals surface area contributed by atoms with Gasteiger partial charge in [0.1, 0.15) is 6.54 Å². The molecule has 0 saturated carbocycles. The lowest BCUT2D eigenvalue weighted by Gasteiger charge is -2.21. The number of alkyl halides is 3. The van der Waals surface area contributed by atoms with Crippen molar-refractivity contribution in [2.24, 2.45) is 0 Å². The van der Waals surface area contributed by atoms with Gasteiger partial charge < -0.3 is 10.0 Å². The molecule has 1 N–H and O–H groups in total. The quantitative estimate of drug-likeness (QED) is 0.910. The molecule has 0 saturated heterocycles. The maximum absolute atomic E-state index is 12.4. The highest BCUT2D eigenvalue weighted by Gasteiger charge is 2.43. The van der Waals surface area contributed by atoms with E-state index in [1.54, 1.807) is 6.07 Å². The lowest BCUT2D eigenvalue weighted by molar-refractivity contribution is -0.187. The van der Waals surface area contributed by atoms with Gasteiger partial charge >= 0.3 is 18.1 Å². The average Bonchev–Trinajstić information content (AvgIpc) is 2.35. The molecule has 0 unspecified atom stereocenters. The topological polar surface area (TPSA) is 81.4 Å². The summed E-state index contributed by atoms with van der Waals surface area (Å²) >= 11 is 0. The molecular formula is C12H9F3N2O3. The van der Waals surface area contributed by atoms with Crippen LogP contribution >= 0.6 is 0 Å². The number of carbonyl (C=O) groups excluding carboxylic acids is 1. The summed E-state index contributed by atoms with van der Waals surface area (Å²) in [4.78, 5) is 21.8. The minimum absolute atomic E-state index is 0.165. The fraction of sp³-hybridized carbons (Fsp3) is 0.250. The van der Waals surface area contributed by atoms with Crippen molar-refractivity contribution in [1.82, 2.24) is 4.90 Å². The van der Waals surface area contributed by atoms with Gasteiger partial charge in [-0.3, -0.25) is 9.59 Å². The molecule has 20 heavy (non-hydrogen) atoms. The fourth-order valence-electron chi connectivity index (χ4n) is 1.50. The second kappa shape index (κ2) is 6.06. The van der Waals surface area contributed by atoms with Gasteiger partial charge in [0.25, 0.3) is 0 Å². The highest BCUT2D eigenvalue weighted by Crippen LogP contribution is 2.20. The van der Waals surface area contributed by atoms with Crippen LogP contribution in [0.4, 0.5) is 13.2 Å². The molecule has 1 aromatic rings. The van der Waals surface area contributed by atoms with Crippen LogP contribution in [-0.2, 0) is 16.1 Å². The maximum atomic E-state index is 12.4. The van der Waals surface area contributed by atoms with Crippen molar-refractivity contribution in [3.05, 3.63) is 35.4 Å². The highest BCUT2D eigenvalue weighted by atomic mass is 19.4. The van der Waals surface area contributed by atoms with E-state index in [0.717, 1.165) is 0 Å². The van der Waals surface area contributed by atoms with Crippen molar-refractivity contribution in [2.45, 2.75) is 12.7 Å². The first-order valence-corrected chi connectivity index (χ1v) is 5.31. The number of hydrogen-bond acceptors (Lipinski definition) is 3. The zero-order chi connectivity index (χ0) is 15.3. The Morgan fingerprint density at radius 2 is 2.00 bits per heavy atom. The molecule has 1 aromatic carbocycles. The van der Waals surface area contributed by atoms with Crippen molar-refractivity contribution in [2.75, 3.05) is 6.54 Å². The van der Waals surface area contributed by atoms with Crippen molar-refractivity contribution >= 4 is 11.9 Å². The molecule has 0 aromatic heterocycles. The Kier molecular flexibility index (Phi) is 4.69. The molecule has 0 fully saturated rings. The zero-order valence-electron chi connectivity index (χ0n) is 10.0. The lowest BCUT2D eigenvalue weighted by atomic mass is 10.1. The molecule has 1 amide bonds. The first kappa shape index (κ1) is 15.5. The Labute approximate surface area is 111 Å². The molecule has 1 rings (SSSR count). The Bertz CT molecular complexity index is 564. The van der Waals surface area contributed by atoms with Gasteiger partial charge in [-0.05, 0) is 17.7 Å². The number of rotatable bonds is 4. The Morgan fingerprint density at radius 3 is 2.50 bits per heavy atom. The van der Waals surface area contributed by atoms with Crippen molar-refractivity contribution in [3.63, 3.8) is 0 Å². The van der Waals surface area contributed by atoms with Crippen LogP contribution in [0, 0.1) is 11.3 Å². The number of carbonyl (C=O) groups is 2. The van der Waals surface area contributed by atoms with Crippen molar-refractivity contribution in [1.29, 1.82) is 5.26 Å². The number of aliphatic carboxylic acids is 1. The average molecular weight is 286 g/mol. The molecule has 0 radical (unpaired) electrons. The third-order valence-corrected chi connectivity index (χ3v) is 2.29. The summed E-state index contributed by atoms with van der Waals surface area (Å²) in [6, 6.07) is 7.37. The third-order valence-electron chi connectivity index (χ3n) is 2.29. The SMILES string of the molecule is N#Cc1cccc(CN(CC(=O)O)C(=O)C(F)(F)F)c1. The van der Waals surface area contributed by atoms with E-state index in [0.29, 0.717) is 0 Å². The number of halogens is 3. The molecule has 0 heterocycles. The smallest absolute Gasteiger partial charge is 0.471 e. The summed E-state index contributed by atoms with van der Waals surface area (Å²) in [5, 5.41) is 17.2. The van der Waals surface area contributed by atoms with Crippen LogP contribution in [0.1, 0.15) is 11.1 Å². The van der Waals surface area contributed by atoms with Crippen LogP contribution in [0.15, 0.2) is 24.3 Å². The molecule has 0 atom stereocenters. The Morgan fingerprint density at radius 1 is 1.35 bits per heavy atom. The standard InChI is InChI=1S/C12H9F3N2O3/c13-12(14,15)11(20)17(7-10(18)19)6-9-3-1-2-8(4-9)5-16/h1-4H,6-7H2,(H,18,19). The minimum Gasteiger partial charge on any atom is -0.480 e. The molecule has 106 valence electrons. The van der Waals surface area contributed by atoms with Crippen LogP contribution in [0.3, 0.4) is 0 Å². The summed E-state index contributed by atoms with van der Waals surface area (Å²) in [5.74, 6) is -3.79. The van der Waals surface area contributed by atoms with Crippen molar-refractivity contribution < 1.29 is 27.9 Å². The van der Waals surface area contributed by atoms with Gasteiger partial charge in [-0.25, -0.2) is 0 Å². The lowest BCUT2D eigenvalue weighted by Crippen LogP contribution is -2.43.